The van der Waals surface area contributed by atoms with Gasteiger partial charge in [-0.2, -0.15) is 5.01 Å². The van der Waals surface area contributed by atoms with Gasteiger partial charge in [-0.1, -0.05) is 64.7 Å². The molecule has 4 aliphatic rings. The number of nitrogens with one attached hydrogen (secondary N) is 1. The second-order valence-electron chi connectivity index (χ2n) is 14.2. The fourth-order valence-corrected chi connectivity index (χ4v) is 10.2. The van der Waals surface area contributed by atoms with E-state index in [-0.39, 0.29) is 41.0 Å². The molecule has 2 saturated heterocycles. The van der Waals surface area contributed by atoms with Crippen molar-refractivity contribution in [3.05, 3.63) is 121 Å². The van der Waals surface area contributed by atoms with Gasteiger partial charge in [-0.3, -0.25) is 24.6 Å². The summed E-state index contributed by atoms with van der Waals surface area (Å²) < 4.78 is 11.4. The average molecular weight is 866 g/mol. The summed E-state index contributed by atoms with van der Waals surface area (Å²) in [4.78, 5) is 60.5. The molecule has 2 aliphatic heterocycles. The Morgan fingerprint density at radius 2 is 1.60 bits per heavy atom. The molecule has 1 saturated carbocycles. The maximum absolute atomic E-state index is 15.5. The maximum atomic E-state index is 15.5. The number of amides is 4. The number of hydrazine groups is 1. The van der Waals surface area contributed by atoms with Crippen molar-refractivity contribution in [1.29, 1.82) is 0 Å². The molecule has 8 rings (SSSR count). The third-order valence-electron chi connectivity index (χ3n) is 11.6. The van der Waals surface area contributed by atoms with E-state index in [1.165, 1.54) is 25.2 Å². The Hall–Kier alpha value is -4.55. The summed E-state index contributed by atoms with van der Waals surface area (Å²) in [6.45, 7) is 1.84. The minimum atomic E-state index is -1.60. The van der Waals surface area contributed by atoms with E-state index in [1.54, 1.807) is 66.7 Å². The molecule has 4 aromatic rings. The fourth-order valence-electron chi connectivity index (χ4n) is 9.11. The first-order chi connectivity index (χ1) is 26.3. The number of aryl methyl sites for hydroxylation is 1. The lowest BCUT2D eigenvalue weighted by Gasteiger charge is -2.50. The van der Waals surface area contributed by atoms with E-state index in [0.29, 0.717) is 37.1 Å². The molecule has 2 aliphatic carbocycles. The van der Waals surface area contributed by atoms with Crippen LogP contribution in [0, 0.1) is 30.6 Å². The number of imide groups is 2. The second kappa shape index (κ2) is 13.9. The number of nitrogens with zero attached hydrogens (tertiary/aromatic N) is 2. The van der Waals surface area contributed by atoms with E-state index in [9.17, 15) is 14.7 Å². The first kappa shape index (κ1) is 37.4. The number of benzene rings is 4. The summed E-state index contributed by atoms with van der Waals surface area (Å²) in [7, 11) is 2.95. The first-order valence-corrected chi connectivity index (χ1v) is 19.4. The number of carbonyl (C=O) groups excluding carboxylic acids is 4. The van der Waals surface area contributed by atoms with Crippen LogP contribution in [-0.2, 0) is 24.6 Å². The Morgan fingerprint density at radius 1 is 0.855 bits per heavy atom. The highest BCUT2D eigenvalue weighted by molar-refractivity contribution is 9.10. The zero-order valence-corrected chi connectivity index (χ0v) is 33.5. The van der Waals surface area contributed by atoms with Crippen LogP contribution < -0.4 is 19.8 Å². The van der Waals surface area contributed by atoms with E-state index in [2.05, 4.69) is 21.4 Å². The third kappa shape index (κ3) is 5.64. The number of anilines is 2. The molecule has 0 spiro atoms. The van der Waals surface area contributed by atoms with Gasteiger partial charge in [0, 0.05) is 16.0 Å². The van der Waals surface area contributed by atoms with E-state index < -0.39 is 52.7 Å². The number of phenols is 1. The topological polar surface area (TPSA) is 125 Å². The third-order valence-corrected chi connectivity index (χ3v) is 13.2. The van der Waals surface area contributed by atoms with Gasteiger partial charge in [-0.05, 0) is 113 Å². The molecule has 0 aromatic heterocycles. The zero-order valence-electron chi connectivity index (χ0n) is 29.6. The largest absolute Gasteiger partial charge is 0.503 e. The van der Waals surface area contributed by atoms with E-state index in [1.807, 2.05) is 13.0 Å². The molecule has 3 fully saturated rings. The van der Waals surface area contributed by atoms with Crippen molar-refractivity contribution < 1.29 is 33.8 Å². The molecule has 10 nitrogen and oxygen atoms in total. The van der Waals surface area contributed by atoms with Gasteiger partial charge >= 0.3 is 0 Å². The molecule has 4 amide bonds. The lowest BCUT2D eigenvalue weighted by Crippen LogP contribution is -2.53. The number of methoxy groups -OCH3 is 2. The second-order valence-corrected chi connectivity index (χ2v) is 16.3. The highest BCUT2D eigenvalue weighted by atomic mass is 79.9. The fraction of sp³-hybridized carbons (Fsp3) is 0.268. The molecular formula is C41H33BrCl3N3O7. The molecule has 0 unspecified atom stereocenters. The van der Waals surface area contributed by atoms with Gasteiger partial charge < -0.3 is 14.6 Å². The highest BCUT2D eigenvalue weighted by Crippen LogP contribution is 2.65. The van der Waals surface area contributed by atoms with Crippen LogP contribution in [0.3, 0.4) is 0 Å². The Balaban J connectivity index is 1.35. The molecule has 6 atom stereocenters. The Kier molecular flexibility index (Phi) is 9.43. The van der Waals surface area contributed by atoms with Gasteiger partial charge in [0.2, 0.25) is 11.8 Å². The normalized spacial score (nSPS) is 25.7. The summed E-state index contributed by atoms with van der Waals surface area (Å²) >= 11 is 22.7. The molecule has 282 valence electrons. The number of hydrogen-bond acceptors (Lipinski definition) is 8. The lowest BCUT2D eigenvalue weighted by molar-refractivity contribution is -0.138. The van der Waals surface area contributed by atoms with E-state index in [4.69, 9.17) is 44.3 Å². The number of ether oxygens (including phenoxy) is 2. The summed E-state index contributed by atoms with van der Waals surface area (Å²) in [5.41, 5.74) is 4.65. The summed E-state index contributed by atoms with van der Waals surface area (Å²) in [6.07, 6.45) is 2.24. The molecule has 2 heterocycles. The van der Waals surface area contributed by atoms with Gasteiger partial charge in [-0.15, -0.1) is 0 Å². The smallest absolute Gasteiger partial charge is 0.260 e. The number of allylic oxidation sites excluding steroid dienone is 2. The van der Waals surface area contributed by atoms with Crippen LogP contribution in [-0.4, -0.2) is 48.0 Å². The monoisotopic (exact) mass is 863 g/mol. The summed E-state index contributed by atoms with van der Waals surface area (Å²) in [5.74, 6) is -5.40. The number of halogens is 4. The maximum Gasteiger partial charge on any atom is 0.260 e. The van der Waals surface area contributed by atoms with Crippen LogP contribution in [0.1, 0.15) is 35.4 Å². The number of fused-ring (bicyclic) bond motifs is 4. The molecule has 0 bridgehead atoms. The quantitative estimate of drug-likeness (QED) is 0.140. The highest BCUT2D eigenvalue weighted by Gasteiger charge is 2.70. The van der Waals surface area contributed by atoms with Gasteiger partial charge in [0.15, 0.2) is 11.5 Å². The number of carbonyl (C=O) groups is 4. The zero-order chi connectivity index (χ0) is 39.1. The van der Waals surface area contributed by atoms with Gasteiger partial charge in [0.1, 0.15) is 5.75 Å². The lowest BCUT2D eigenvalue weighted by atomic mass is 9.49. The minimum absolute atomic E-state index is 0.0739. The van der Waals surface area contributed by atoms with Crippen molar-refractivity contribution >= 4 is 85.7 Å². The SMILES string of the molecule is COc1ccc([C@@]23C(=O)N(Nc4ccc(Cl)cc4Cl)C(=O)[C@@H]2C[C@@H]2C(=CC[C@@H]4C(=O)N(c5ccc(C)c(Cl)c5)C(=O)[C@@H]42)[C@@H]3c2cc(Br)c(O)c(OC)c2)cc1. The Labute approximate surface area is 340 Å². The molecule has 2 N–H and O–H groups in total. The molecular weight excluding hydrogens is 833 g/mol. The predicted octanol–water partition coefficient (Wildman–Crippen LogP) is 8.63. The van der Waals surface area contributed by atoms with Crippen LogP contribution in [0.25, 0.3) is 0 Å². The van der Waals surface area contributed by atoms with Crippen LogP contribution in [0.4, 0.5) is 11.4 Å². The van der Waals surface area contributed by atoms with Gasteiger partial charge in [0.05, 0.1) is 58.3 Å². The van der Waals surface area contributed by atoms with Crippen LogP contribution >= 0.6 is 50.7 Å². The molecule has 0 radical (unpaired) electrons. The molecule has 4 aromatic carbocycles. The summed E-state index contributed by atoms with van der Waals surface area (Å²) in [5, 5.41) is 12.9. The number of aromatic hydroxyl groups is 1. The number of hydrogen-bond donors (Lipinski definition) is 2. The van der Waals surface area contributed by atoms with Gasteiger partial charge in [-0.25, -0.2) is 4.90 Å². The summed E-state index contributed by atoms with van der Waals surface area (Å²) in [6, 6.07) is 20.1. The van der Waals surface area contributed by atoms with Crippen molar-refractivity contribution in [2.75, 3.05) is 24.5 Å². The van der Waals surface area contributed by atoms with Crippen molar-refractivity contribution in [2.24, 2.45) is 23.7 Å². The van der Waals surface area contributed by atoms with Crippen LogP contribution in [0.15, 0.2) is 88.9 Å². The Morgan fingerprint density at radius 3 is 2.27 bits per heavy atom. The van der Waals surface area contributed by atoms with Crippen molar-refractivity contribution in [1.82, 2.24) is 5.01 Å². The molecule has 55 heavy (non-hydrogen) atoms. The standard InChI is InChI=1S/C41H33BrCl3N3O7/c1-19-4-8-23(17-30(19)44)47-37(50)26-12-11-25-27(34(26)39(47)52)18-28-38(51)48(46-32-13-7-22(43)16-31(32)45)40(53)41(28,21-5-9-24(54-2)10-6-21)35(25)20-14-29(42)36(49)33(15-20)55-3/h4-11,13-17,26-28,34-35,46,49H,12,18H2,1-3H3/t26-,27+,28-,34-,35-,41+/m0/s1. The Bertz CT molecular complexity index is 2350. The van der Waals surface area contributed by atoms with Crippen molar-refractivity contribution in [3.8, 4) is 17.2 Å². The van der Waals surface area contributed by atoms with Crippen LogP contribution in [0.2, 0.25) is 15.1 Å². The first-order valence-electron chi connectivity index (χ1n) is 17.5. The van der Waals surface area contributed by atoms with E-state index in [0.717, 1.165) is 16.1 Å². The minimum Gasteiger partial charge on any atom is -0.503 e. The van der Waals surface area contributed by atoms with Crippen molar-refractivity contribution in [3.63, 3.8) is 0 Å². The average Bonchev–Trinajstić information content (AvgIpc) is 3.55. The van der Waals surface area contributed by atoms with Gasteiger partial charge in [0.25, 0.3) is 11.8 Å². The van der Waals surface area contributed by atoms with Crippen molar-refractivity contribution in [2.45, 2.75) is 31.1 Å². The molecule has 14 heteroatoms. The predicted molar refractivity (Wildman–Crippen MR) is 212 cm³/mol. The van der Waals surface area contributed by atoms with E-state index >= 15 is 9.59 Å². The number of phenolic OH excluding ortho intramolecular Hbond substituents is 1. The van der Waals surface area contributed by atoms with Crippen LogP contribution in [0.5, 0.6) is 17.2 Å². The number of rotatable bonds is 7.